The van der Waals surface area contributed by atoms with Crippen LogP contribution in [-0.2, 0) is 6.42 Å². The van der Waals surface area contributed by atoms with Crippen molar-refractivity contribution < 1.29 is 0 Å². The van der Waals surface area contributed by atoms with Gasteiger partial charge in [-0.2, -0.15) is 0 Å². The molecule has 2 aromatic rings. The van der Waals surface area contributed by atoms with Crippen molar-refractivity contribution in [1.29, 1.82) is 0 Å². The molecule has 132 valence electrons. The van der Waals surface area contributed by atoms with Gasteiger partial charge in [0, 0.05) is 10.6 Å². The molecule has 0 unspecified atom stereocenters. The highest BCUT2D eigenvalue weighted by molar-refractivity contribution is 6.36. The molecule has 0 radical (unpaired) electrons. The Morgan fingerprint density at radius 2 is 1.52 bits per heavy atom. The molecule has 2 aromatic carbocycles. The van der Waals surface area contributed by atoms with Gasteiger partial charge >= 0.3 is 0 Å². The van der Waals surface area contributed by atoms with E-state index in [4.69, 9.17) is 23.2 Å². The summed E-state index contributed by atoms with van der Waals surface area (Å²) in [6.45, 7) is 2.20. The molecule has 0 heterocycles. The maximum atomic E-state index is 7.04. The number of rotatable bonds is 3. The number of hydrogen-bond acceptors (Lipinski definition) is 0. The Kier molecular flexibility index (Phi) is 5.11. The zero-order valence-electron chi connectivity index (χ0n) is 14.9. The van der Waals surface area contributed by atoms with E-state index in [0.29, 0.717) is 5.92 Å². The summed E-state index contributed by atoms with van der Waals surface area (Å²) < 4.78 is 0. The fourth-order valence-electron chi connectivity index (χ4n) is 5.14. The first kappa shape index (κ1) is 17.4. The molecule has 0 nitrogen and oxygen atoms in total. The molecule has 0 aliphatic heterocycles. The number of halogens is 2. The molecule has 0 aromatic heterocycles. The van der Waals surface area contributed by atoms with Crippen LogP contribution in [0, 0.1) is 11.8 Å². The largest absolute Gasteiger partial charge is 0.0840 e. The summed E-state index contributed by atoms with van der Waals surface area (Å²) in [5, 5.41) is 1.83. The summed E-state index contributed by atoms with van der Waals surface area (Å²) >= 11 is 13.8. The van der Waals surface area contributed by atoms with E-state index in [1.807, 2.05) is 6.07 Å². The van der Waals surface area contributed by atoms with Crippen LogP contribution in [-0.4, -0.2) is 0 Å². The van der Waals surface area contributed by atoms with Crippen molar-refractivity contribution in [3.8, 4) is 11.1 Å². The molecule has 2 bridgehead atoms. The lowest BCUT2D eigenvalue weighted by Crippen LogP contribution is -2.08. The fourth-order valence-corrected chi connectivity index (χ4v) is 5.91. The molecule has 0 saturated heterocycles. The van der Waals surface area contributed by atoms with Crippen molar-refractivity contribution in [1.82, 2.24) is 0 Å². The Balaban J connectivity index is 1.84. The molecule has 25 heavy (non-hydrogen) atoms. The van der Waals surface area contributed by atoms with E-state index in [1.54, 1.807) is 0 Å². The minimum absolute atomic E-state index is 0.573. The first-order valence-corrected chi connectivity index (χ1v) is 10.5. The van der Waals surface area contributed by atoms with Gasteiger partial charge in [-0.3, -0.25) is 0 Å². The lowest BCUT2D eigenvalue weighted by atomic mass is 9.83. The van der Waals surface area contributed by atoms with Gasteiger partial charge in [-0.25, -0.2) is 0 Å². The smallest absolute Gasteiger partial charge is 0.0523 e. The molecule has 3 aliphatic rings. The average molecular weight is 373 g/mol. The first-order valence-electron chi connectivity index (χ1n) is 9.73. The van der Waals surface area contributed by atoms with E-state index in [0.717, 1.165) is 39.4 Å². The minimum Gasteiger partial charge on any atom is -0.0840 e. The Hall–Kier alpha value is -0.980. The van der Waals surface area contributed by atoms with Gasteiger partial charge < -0.3 is 0 Å². The van der Waals surface area contributed by atoms with E-state index >= 15 is 0 Å². The summed E-state index contributed by atoms with van der Waals surface area (Å²) in [6.07, 6.45) is 9.17. The molecular weight excluding hydrogens is 347 g/mol. The van der Waals surface area contributed by atoms with Crippen LogP contribution in [0.4, 0.5) is 0 Å². The van der Waals surface area contributed by atoms with Crippen LogP contribution in [0.1, 0.15) is 62.5 Å². The second kappa shape index (κ2) is 7.33. The summed E-state index contributed by atoms with van der Waals surface area (Å²) in [4.78, 5) is 0. The highest BCUT2D eigenvalue weighted by atomic mass is 35.5. The standard InChI is InChI=1S/C23H26Cl2/c1-2-19-21(24)14-20(17-6-4-3-5-7-17)23(25)22(19)18-12-15-8-9-16(13-18)11-10-15/h3-7,14-16,18H,2,8-13H2,1H3. The summed E-state index contributed by atoms with van der Waals surface area (Å²) in [7, 11) is 0. The Morgan fingerprint density at radius 3 is 2.08 bits per heavy atom. The van der Waals surface area contributed by atoms with E-state index in [-0.39, 0.29) is 0 Å². The Bertz CT molecular complexity index is 728. The fraction of sp³-hybridized carbons (Fsp3) is 0.478. The van der Waals surface area contributed by atoms with Gasteiger partial charge in [0.05, 0.1) is 5.02 Å². The molecule has 0 spiro atoms. The van der Waals surface area contributed by atoms with Gasteiger partial charge in [-0.05, 0) is 59.8 Å². The van der Waals surface area contributed by atoms with Crippen molar-refractivity contribution in [2.24, 2.45) is 11.8 Å². The predicted molar refractivity (Wildman–Crippen MR) is 109 cm³/mol. The van der Waals surface area contributed by atoms with E-state index in [1.165, 1.54) is 49.7 Å². The molecule has 3 fully saturated rings. The number of benzene rings is 2. The predicted octanol–water partition coefficient (Wildman–Crippen LogP) is 7.91. The van der Waals surface area contributed by atoms with Crippen LogP contribution < -0.4 is 0 Å². The van der Waals surface area contributed by atoms with Gasteiger partial charge in [0.1, 0.15) is 0 Å². The summed E-state index contributed by atoms with van der Waals surface area (Å²) in [6, 6.07) is 12.5. The van der Waals surface area contributed by atoms with Gasteiger partial charge in [0.2, 0.25) is 0 Å². The molecule has 0 N–H and O–H groups in total. The lowest BCUT2D eigenvalue weighted by molar-refractivity contribution is 0.308. The second-order valence-electron chi connectivity index (χ2n) is 7.89. The van der Waals surface area contributed by atoms with Gasteiger partial charge in [0.25, 0.3) is 0 Å². The maximum absolute atomic E-state index is 7.04. The second-order valence-corrected chi connectivity index (χ2v) is 8.67. The molecule has 0 amide bonds. The maximum Gasteiger partial charge on any atom is 0.0523 e. The van der Waals surface area contributed by atoms with Crippen LogP contribution in [0.5, 0.6) is 0 Å². The van der Waals surface area contributed by atoms with E-state index < -0.39 is 0 Å². The number of fused-ring (bicyclic) bond motifs is 4. The highest BCUT2D eigenvalue weighted by Gasteiger charge is 2.34. The Morgan fingerprint density at radius 1 is 0.920 bits per heavy atom. The van der Waals surface area contributed by atoms with Gasteiger partial charge in [0.15, 0.2) is 0 Å². The zero-order valence-corrected chi connectivity index (χ0v) is 16.4. The molecule has 3 saturated carbocycles. The zero-order chi connectivity index (χ0) is 17.4. The van der Waals surface area contributed by atoms with Crippen molar-refractivity contribution in [3.63, 3.8) is 0 Å². The number of hydrogen-bond donors (Lipinski definition) is 0. The SMILES string of the molecule is CCc1c(Cl)cc(-c2ccccc2)c(Cl)c1C1CC2CCC(CC2)C1. The van der Waals surface area contributed by atoms with Gasteiger partial charge in [-0.15, -0.1) is 0 Å². The first-order chi connectivity index (χ1) is 12.2. The van der Waals surface area contributed by atoms with Crippen LogP contribution in [0.2, 0.25) is 10.0 Å². The molecule has 3 aliphatic carbocycles. The van der Waals surface area contributed by atoms with Crippen molar-refractivity contribution in [2.45, 2.75) is 57.8 Å². The van der Waals surface area contributed by atoms with Gasteiger partial charge in [-0.1, -0.05) is 86.1 Å². The normalized spacial score (nSPS) is 25.8. The minimum atomic E-state index is 0.573. The highest BCUT2D eigenvalue weighted by Crippen LogP contribution is 2.50. The quantitative estimate of drug-likeness (QED) is 0.513. The Labute approximate surface area is 161 Å². The average Bonchev–Trinajstić information content (AvgIpc) is 2.97. The lowest BCUT2D eigenvalue weighted by Gasteiger charge is -2.24. The topological polar surface area (TPSA) is 0 Å². The third-order valence-electron chi connectivity index (χ3n) is 6.41. The van der Waals surface area contributed by atoms with Crippen LogP contribution in [0.25, 0.3) is 11.1 Å². The molecule has 2 heteroatoms. The van der Waals surface area contributed by atoms with Crippen LogP contribution >= 0.6 is 23.2 Å². The van der Waals surface area contributed by atoms with Crippen LogP contribution in [0.15, 0.2) is 36.4 Å². The summed E-state index contributed by atoms with van der Waals surface area (Å²) in [5.41, 5.74) is 4.89. The van der Waals surface area contributed by atoms with Crippen molar-refractivity contribution in [2.75, 3.05) is 0 Å². The monoisotopic (exact) mass is 372 g/mol. The van der Waals surface area contributed by atoms with Crippen molar-refractivity contribution in [3.05, 3.63) is 57.6 Å². The van der Waals surface area contributed by atoms with E-state index in [9.17, 15) is 0 Å². The van der Waals surface area contributed by atoms with Crippen LogP contribution in [0.3, 0.4) is 0 Å². The molecule has 5 rings (SSSR count). The molecule has 0 atom stereocenters. The molecular formula is C23H26Cl2. The third kappa shape index (κ3) is 3.36. The van der Waals surface area contributed by atoms with E-state index in [2.05, 4.69) is 37.3 Å². The van der Waals surface area contributed by atoms with Crippen molar-refractivity contribution >= 4 is 23.2 Å². The summed E-state index contributed by atoms with van der Waals surface area (Å²) in [5.74, 6) is 2.33. The third-order valence-corrected chi connectivity index (χ3v) is 7.15.